The predicted molar refractivity (Wildman–Crippen MR) is 70.3 cm³/mol. The van der Waals surface area contributed by atoms with Crippen LogP contribution in [0.25, 0.3) is 0 Å². The highest BCUT2D eigenvalue weighted by molar-refractivity contribution is 6.32. The highest BCUT2D eigenvalue weighted by Crippen LogP contribution is 2.23. The number of nitrogens with two attached hydrogens (primary N) is 2. The standard InChI is InChI=1S/C11H9ClN6/c12-8-3-7(2-1-6(8)5-13)16-10-4-9(14)17-11(15)18-10/h1-4H,(H5,14,15,16,17,18). The van der Waals surface area contributed by atoms with Gasteiger partial charge in [0.1, 0.15) is 17.7 Å². The molecule has 0 radical (unpaired) electrons. The number of hydrogen-bond donors (Lipinski definition) is 3. The lowest BCUT2D eigenvalue weighted by molar-refractivity contribution is 1.19. The van der Waals surface area contributed by atoms with E-state index >= 15 is 0 Å². The topological polar surface area (TPSA) is 114 Å². The van der Waals surface area contributed by atoms with Crippen molar-refractivity contribution in [3.8, 4) is 6.07 Å². The maximum absolute atomic E-state index is 8.76. The summed E-state index contributed by atoms with van der Waals surface area (Å²) >= 11 is 5.91. The van der Waals surface area contributed by atoms with Gasteiger partial charge in [-0.05, 0) is 18.2 Å². The zero-order chi connectivity index (χ0) is 13.1. The Morgan fingerprint density at radius 3 is 2.61 bits per heavy atom. The van der Waals surface area contributed by atoms with Crippen molar-refractivity contribution in [3.63, 3.8) is 0 Å². The van der Waals surface area contributed by atoms with E-state index < -0.39 is 0 Å². The summed E-state index contributed by atoms with van der Waals surface area (Å²) in [5.41, 5.74) is 12.1. The van der Waals surface area contributed by atoms with Gasteiger partial charge in [-0.15, -0.1) is 0 Å². The molecule has 5 N–H and O–H groups in total. The highest BCUT2D eigenvalue weighted by atomic mass is 35.5. The van der Waals surface area contributed by atoms with Crippen LogP contribution in [0.1, 0.15) is 5.56 Å². The number of nitrogens with one attached hydrogen (secondary N) is 1. The molecule has 0 aliphatic carbocycles. The average molecular weight is 261 g/mol. The molecule has 7 heteroatoms. The molecule has 0 saturated carbocycles. The van der Waals surface area contributed by atoms with Crippen molar-refractivity contribution in [1.82, 2.24) is 9.97 Å². The van der Waals surface area contributed by atoms with E-state index in [9.17, 15) is 0 Å². The van der Waals surface area contributed by atoms with E-state index in [2.05, 4.69) is 15.3 Å². The third-order valence-corrected chi connectivity index (χ3v) is 2.44. The monoisotopic (exact) mass is 260 g/mol. The number of nitrogens with zero attached hydrogens (tertiary/aromatic N) is 3. The summed E-state index contributed by atoms with van der Waals surface area (Å²) in [5, 5.41) is 12.1. The van der Waals surface area contributed by atoms with Gasteiger partial charge in [-0.3, -0.25) is 0 Å². The summed E-state index contributed by atoms with van der Waals surface area (Å²) < 4.78 is 0. The summed E-state index contributed by atoms with van der Waals surface area (Å²) in [6, 6.07) is 8.46. The summed E-state index contributed by atoms with van der Waals surface area (Å²) in [5.74, 6) is 0.808. The molecule has 1 aromatic heterocycles. The van der Waals surface area contributed by atoms with Crippen LogP contribution >= 0.6 is 11.6 Å². The quantitative estimate of drug-likeness (QED) is 0.760. The SMILES string of the molecule is N#Cc1ccc(Nc2cc(N)nc(N)n2)cc1Cl. The van der Waals surface area contributed by atoms with Crippen molar-refractivity contribution in [1.29, 1.82) is 5.26 Å². The minimum Gasteiger partial charge on any atom is -0.383 e. The van der Waals surface area contributed by atoms with Crippen molar-refractivity contribution in [3.05, 3.63) is 34.9 Å². The Kier molecular flexibility index (Phi) is 3.17. The third-order valence-electron chi connectivity index (χ3n) is 2.13. The second kappa shape index (κ2) is 4.77. The maximum atomic E-state index is 8.76. The Balaban J connectivity index is 2.29. The molecule has 0 amide bonds. The lowest BCUT2D eigenvalue weighted by atomic mass is 10.2. The first-order valence-corrected chi connectivity index (χ1v) is 5.33. The van der Waals surface area contributed by atoms with Crippen LogP contribution in [0.5, 0.6) is 0 Å². The molecule has 0 saturated heterocycles. The van der Waals surface area contributed by atoms with Crippen LogP contribution in [0, 0.1) is 11.3 Å². The first kappa shape index (κ1) is 12.0. The van der Waals surface area contributed by atoms with Crippen LogP contribution in [0.2, 0.25) is 5.02 Å². The van der Waals surface area contributed by atoms with E-state index in [0.717, 1.165) is 0 Å². The van der Waals surface area contributed by atoms with Gasteiger partial charge in [-0.1, -0.05) is 11.6 Å². The molecule has 0 fully saturated rings. The molecule has 0 spiro atoms. The number of anilines is 4. The fraction of sp³-hybridized carbons (Fsp3) is 0. The van der Waals surface area contributed by atoms with Gasteiger partial charge < -0.3 is 16.8 Å². The molecule has 0 aliphatic heterocycles. The second-order valence-electron chi connectivity index (χ2n) is 3.47. The zero-order valence-electron chi connectivity index (χ0n) is 9.18. The van der Waals surface area contributed by atoms with Gasteiger partial charge in [0.25, 0.3) is 0 Å². The summed E-state index contributed by atoms with van der Waals surface area (Å²) in [4.78, 5) is 7.73. The molecule has 0 unspecified atom stereocenters. The lowest BCUT2D eigenvalue weighted by Crippen LogP contribution is -2.02. The van der Waals surface area contributed by atoms with Gasteiger partial charge in [0, 0.05) is 11.8 Å². The van der Waals surface area contributed by atoms with Gasteiger partial charge in [-0.25, -0.2) is 0 Å². The lowest BCUT2D eigenvalue weighted by Gasteiger charge is -2.07. The Bertz CT molecular complexity index is 614. The molecule has 90 valence electrons. The number of aromatic nitrogens is 2. The normalized spacial score (nSPS) is 9.78. The molecular formula is C11H9ClN6. The summed E-state index contributed by atoms with van der Waals surface area (Å²) in [7, 11) is 0. The predicted octanol–water partition coefficient (Wildman–Crippen LogP) is 1.91. The third kappa shape index (κ3) is 2.59. The molecule has 1 aromatic carbocycles. The molecule has 0 aliphatic rings. The molecule has 18 heavy (non-hydrogen) atoms. The maximum Gasteiger partial charge on any atom is 0.223 e. The molecule has 0 atom stereocenters. The van der Waals surface area contributed by atoms with Gasteiger partial charge >= 0.3 is 0 Å². The molecule has 6 nitrogen and oxygen atoms in total. The van der Waals surface area contributed by atoms with Crippen molar-refractivity contribution in [2.24, 2.45) is 0 Å². The van der Waals surface area contributed by atoms with E-state index in [4.69, 9.17) is 28.3 Å². The minimum absolute atomic E-state index is 0.0808. The zero-order valence-corrected chi connectivity index (χ0v) is 9.94. The number of rotatable bonds is 2. The van der Waals surface area contributed by atoms with Crippen LogP contribution in [-0.4, -0.2) is 9.97 Å². The van der Waals surface area contributed by atoms with Gasteiger partial charge in [-0.2, -0.15) is 15.2 Å². The number of nitriles is 1. The Morgan fingerprint density at radius 2 is 2.00 bits per heavy atom. The Morgan fingerprint density at radius 1 is 1.22 bits per heavy atom. The fourth-order valence-electron chi connectivity index (χ4n) is 1.38. The van der Waals surface area contributed by atoms with Crippen molar-refractivity contribution in [2.75, 3.05) is 16.8 Å². The van der Waals surface area contributed by atoms with Gasteiger partial charge in [0.15, 0.2) is 0 Å². The fourth-order valence-corrected chi connectivity index (χ4v) is 1.60. The molecule has 2 aromatic rings. The molecule has 0 bridgehead atoms. The van der Waals surface area contributed by atoms with Gasteiger partial charge in [0.2, 0.25) is 5.95 Å². The number of nitrogen functional groups attached to an aromatic ring is 2. The van der Waals surface area contributed by atoms with E-state index in [1.807, 2.05) is 6.07 Å². The number of hydrogen-bond acceptors (Lipinski definition) is 6. The van der Waals surface area contributed by atoms with Gasteiger partial charge in [0.05, 0.1) is 10.6 Å². The number of halogens is 1. The second-order valence-corrected chi connectivity index (χ2v) is 3.87. The van der Waals surface area contributed by atoms with Crippen LogP contribution in [0.15, 0.2) is 24.3 Å². The molecule has 1 heterocycles. The summed E-state index contributed by atoms with van der Waals surface area (Å²) in [6.45, 7) is 0. The van der Waals surface area contributed by atoms with Crippen LogP contribution < -0.4 is 16.8 Å². The first-order chi connectivity index (χ1) is 8.58. The van der Waals surface area contributed by atoms with E-state index in [1.165, 1.54) is 0 Å². The Labute approximate surface area is 108 Å². The summed E-state index contributed by atoms with van der Waals surface area (Å²) in [6.07, 6.45) is 0. The number of benzene rings is 1. The van der Waals surface area contributed by atoms with Crippen molar-refractivity contribution in [2.45, 2.75) is 0 Å². The van der Waals surface area contributed by atoms with Crippen molar-refractivity contribution >= 4 is 34.9 Å². The first-order valence-electron chi connectivity index (χ1n) is 4.95. The Hall–Kier alpha value is -2.52. The minimum atomic E-state index is 0.0808. The van der Waals surface area contributed by atoms with Crippen LogP contribution in [0.3, 0.4) is 0 Å². The van der Waals surface area contributed by atoms with Crippen LogP contribution in [-0.2, 0) is 0 Å². The highest BCUT2D eigenvalue weighted by Gasteiger charge is 2.03. The largest absolute Gasteiger partial charge is 0.383 e. The van der Waals surface area contributed by atoms with Crippen molar-refractivity contribution < 1.29 is 0 Å². The molecular weight excluding hydrogens is 252 g/mol. The van der Waals surface area contributed by atoms with E-state index in [1.54, 1.807) is 24.3 Å². The van der Waals surface area contributed by atoms with E-state index in [-0.39, 0.29) is 11.8 Å². The van der Waals surface area contributed by atoms with Crippen LogP contribution in [0.4, 0.5) is 23.3 Å². The molecule has 2 rings (SSSR count). The average Bonchev–Trinajstić information content (AvgIpc) is 2.27. The smallest absolute Gasteiger partial charge is 0.223 e. The van der Waals surface area contributed by atoms with E-state index in [0.29, 0.717) is 22.1 Å².